The average molecular weight is 480 g/mol. The van der Waals surface area contributed by atoms with Gasteiger partial charge in [0.05, 0.1) is 25.0 Å². The lowest BCUT2D eigenvalue weighted by atomic mass is 9.58. The molecule has 4 amide bonds. The van der Waals surface area contributed by atoms with E-state index in [-0.39, 0.29) is 30.7 Å². The number of hydrogen-bond donors (Lipinski definition) is 0. The van der Waals surface area contributed by atoms with Crippen LogP contribution in [0, 0.1) is 17.8 Å². The Hall–Kier alpha value is -3.33. The predicted molar refractivity (Wildman–Crippen MR) is 125 cm³/mol. The predicted octanol–water partition coefficient (Wildman–Crippen LogP) is 2.35. The van der Waals surface area contributed by atoms with Crippen LogP contribution < -0.4 is 0 Å². The van der Waals surface area contributed by atoms with Crippen LogP contribution in [-0.4, -0.2) is 72.4 Å². The largest absolute Gasteiger partial charge is 0.424 e. The first kappa shape index (κ1) is 23.4. The first-order valence-corrected chi connectivity index (χ1v) is 12.0. The number of imide groups is 2. The van der Waals surface area contributed by atoms with Crippen molar-refractivity contribution in [3.8, 4) is 0 Å². The number of nitrogens with zero attached hydrogens (tertiary/aromatic N) is 3. The van der Waals surface area contributed by atoms with Gasteiger partial charge in [-0.25, -0.2) is 9.69 Å². The van der Waals surface area contributed by atoms with Gasteiger partial charge < -0.3 is 9.47 Å². The summed E-state index contributed by atoms with van der Waals surface area (Å²) in [5, 5.41) is 0. The van der Waals surface area contributed by atoms with Crippen LogP contribution in [0.4, 0.5) is 4.79 Å². The van der Waals surface area contributed by atoms with Gasteiger partial charge >= 0.3 is 6.09 Å². The highest BCUT2D eigenvalue weighted by molar-refractivity contribution is 6.17. The Morgan fingerprint density at radius 2 is 1.89 bits per heavy atom. The maximum Gasteiger partial charge on any atom is 0.424 e. The summed E-state index contributed by atoms with van der Waals surface area (Å²) in [6.07, 6.45) is 0.865. The zero-order valence-electron chi connectivity index (χ0n) is 20.2. The van der Waals surface area contributed by atoms with Crippen molar-refractivity contribution in [1.82, 2.24) is 9.80 Å². The molecule has 0 spiro atoms. The molecule has 3 heterocycles. The van der Waals surface area contributed by atoms with E-state index in [0.717, 1.165) is 11.1 Å². The fraction of sp³-hybridized carbons (Fsp3) is 0.500. The minimum absolute atomic E-state index is 0.116. The first-order valence-electron chi connectivity index (χ1n) is 12.0. The fourth-order valence-corrected chi connectivity index (χ4v) is 6.43. The molecule has 4 aliphatic rings. The van der Waals surface area contributed by atoms with E-state index in [1.807, 2.05) is 37.3 Å². The van der Waals surface area contributed by atoms with Gasteiger partial charge in [-0.15, -0.1) is 0 Å². The molecular formula is C26H29N3O6. The second-order valence-electron chi connectivity index (χ2n) is 9.52. The van der Waals surface area contributed by atoms with Crippen LogP contribution in [0.3, 0.4) is 0 Å². The van der Waals surface area contributed by atoms with Gasteiger partial charge in [0.25, 0.3) is 5.91 Å². The number of benzene rings is 1. The Bertz CT molecular complexity index is 1160. The van der Waals surface area contributed by atoms with Crippen molar-refractivity contribution >= 4 is 29.7 Å². The number of likely N-dealkylation sites (tertiary alicyclic amines) is 1. The van der Waals surface area contributed by atoms with Crippen molar-refractivity contribution in [2.24, 2.45) is 22.7 Å². The molecule has 0 N–H and O–H groups in total. The zero-order valence-corrected chi connectivity index (χ0v) is 20.2. The summed E-state index contributed by atoms with van der Waals surface area (Å²) in [6.45, 7) is 2.40. The number of amides is 4. The van der Waals surface area contributed by atoms with E-state index in [1.54, 1.807) is 7.11 Å². The van der Waals surface area contributed by atoms with Gasteiger partial charge in [-0.2, -0.15) is 0 Å². The van der Waals surface area contributed by atoms with Gasteiger partial charge in [-0.1, -0.05) is 42.8 Å². The number of fused-ring (bicyclic) bond motifs is 5. The van der Waals surface area contributed by atoms with Crippen molar-refractivity contribution < 1.29 is 28.7 Å². The average Bonchev–Trinajstić information content (AvgIpc) is 3.26. The van der Waals surface area contributed by atoms with E-state index in [4.69, 9.17) is 9.47 Å². The Kier molecular flexibility index (Phi) is 5.83. The Morgan fingerprint density at radius 1 is 1.14 bits per heavy atom. The summed E-state index contributed by atoms with van der Waals surface area (Å²) in [4.78, 5) is 60.6. The van der Waals surface area contributed by atoms with Gasteiger partial charge in [0.2, 0.25) is 17.7 Å². The molecule has 0 bridgehead atoms. The van der Waals surface area contributed by atoms with E-state index in [1.165, 1.54) is 16.8 Å². The SMILES string of the molecule is CCC1=C2CC[C@H]3C(=O)N(C)C(=O)[C@H]3[C@H]2[C@@]2(Cc3ccccc3)C(=NCCOC)OC(=O)N2C1=O. The molecule has 0 unspecified atom stereocenters. The van der Waals surface area contributed by atoms with Crippen LogP contribution in [0.2, 0.25) is 0 Å². The smallest absolute Gasteiger partial charge is 0.393 e. The summed E-state index contributed by atoms with van der Waals surface area (Å²) in [5.74, 6) is -2.57. The molecule has 9 heteroatoms. The number of carbonyl (C=O) groups is 4. The Morgan fingerprint density at radius 3 is 2.57 bits per heavy atom. The number of cyclic esters (lactones) is 1. The molecule has 1 aromatic carbocycles. The van der Waals surface area contributed by atoms with Gasteiger partial charge in [-0.3, -0.25) is 24.3 Å². The number of methoxy groups -OCH3 is 1. The third-order valence-corrected chi connectivity index (χ3v) is 7.88. The normalized spacial score (nSPS) is 31.2. The summed E-state index contributed by atoms with van der Waals surface area (Å²) >= 11 is 0. The summed E-state index contributed by atoms with van der Waals surface area (Å²) < 4.78 is 10.9. The standard InChI is InChI=1S/C26H29N3O6/c1-4-16-17-10-11-18-19(23(32)28(2)21(18)30)20(17)26(14-15-8-6-5-7-9-15)24(27-12-13-34-3)35-25(33)29(26)22(16)31/h5-9,18-20H,4,10-14H2,1-3H3/t18-,19-,20+,26+/m1/s1. The summed E-state index contributed by atoms with van der Waals surface area (Å²) in [5.41, 5.74) is 0.915. The lowest BCUT2D eigenvalue weighted by Gasteiger charge is -2.50. The third-order valence-electron chi connectivity index (χ3n) is 7.88. The van der Waals surface area contributed by atoms with E-state index >= 15 is 0 Å². The molecule has 2 saturated heterocycles. The number of ether oxygens (including phenoxy) is 2. The molecule has 9 nitrogen and oxygen atoms in total. The van der Waals surface area contributed by atoms with Gasteiger partial charge in [0.15, 0.2) is 0 Å². The number of hydrogen-bond acceptors (Lipinski definition) is 7. The maximum atomic E-state index is 13.8. The highest BCUT2D eigenvalue weighted by Crippen LogP contribution is 2.56. The molecule has 3 fully saturated rings. The monoisotopic (exact) mass is 479 g/mol. The summed E-state index contributed by atoms with van der Waals surface area (Å²) in [7, 11) is 3.06. The van der Waals surface area contributed by atoms with Crippen molar-refractivity contribution in [2.45, 2.75) is 38.1 Å². The van der Waals surface area contributed by atoms with Crippen molar-refractivity contribution in [3.63, 3.8) is 0 Å². The molecule has 0 aromatic heterocycles. The van der Waals surface area contributed by atoms with Crippen LogP contribution in [0.5, 0.6) is 0 Å². The Labute approximate surface area is 203 Å². The maximum absolute atomic E-state index is 13.8. The van der Waals surface area contributed by atoms with Crippen LogP contribution in [0.15, 0.2) is 46.5 Å². The second kappa shape index (κ2) is 8.71. The minimum Gasteiger partial charge on any atom is -0.393 e. The van der Waals surface area contributed by atoms with E-state index in [9.17, 15) is 19.2 Å². The molecule has 184 valence electrons. The highest BCUT2D eigenvalue weighted by Gasteiger charge is 2.70. The van der Waals surface area contributed by atoms with E-state index < -0.39 is 35.3 Å². The van der Waals surface area contributed by atoms with Gasteiger partial charge in [0.1, 0.15) is 5.54 Å². The van der Waals surface area contributed by atoms with Crippen molar-refractivity contribution in [2.75, 3.05) is 27.3 Å². The molecule has 1 aliphatic carbocycles. The molecule has 1 aromatic rings. The Balaban J connectivity index is 1.78. The number of rotatable bonds is 6. The molecule has 3 aliphatic heterocycles. The van der Waals surface area contributed by atoms with Crippen LogP contribution >= 0.6 is 0 Å². The number of carbonyl (C=O) groups excluding carboxylic acids is 4. The van der Waals surface area contributed by atoms with Crippen LogP contribution in [0.25, 0.3) is 0 Å². The second-order valence-corrected chi connectivity index (χ2v) is 9.52. The van der Waals surface area contributed by atoms with Gasteiger partial charge in [0, 0.05) is 32.1 Å². The molecule has 0 radical (unpaired) electrons. The first-order chi connectivity index (χ1) is 16.9. The molecule has 4 atom stereocenters. The quantitative estimate of drug-likeness (QED) is 0.458. The molecule has 35 heavy (non-hydrogen) atoms. The van der Waals surface area contributed by atoms with Crippen LogP contribution in [0.1, 0.15) is 31.7 Å². The highest BCUT2D eigenvalue weighted by atomic mass is 16.6. The summed E-state index contributed by atoms with van der Waals surface area (Å²) in [6, 6.07) is 9.49. The van der Waals surface area contributed by atoms with Crippen LogP contribution in [-0.2, 0) is 30.3 Å². The van der Waals surface area contributed by atoms with E-state index in [0.29, 0.717) is 31.4 Å². The topological polar surface area (TPSA) is 106 Å². The van der Waals surface area contributed by atoms with Crippen molar-refractivity contribution in [1.29, 1.82) is 0 Å². The lowest BCUT2D eigenvalue weighted by molar-refractivity contribution is -0.140. The molecular weight excluding hydrogens is 450 g/mol. The minimum atomic E-state index is -1.33. The van der Waals surface area contributed by atoms with Gasteiger partial charge in [-0.05, 0) is 24.8 Å². The molecule has 1 saturated carbocycles. The molecule has 5 rings (SSSR count). The van der Waals surface area contributed by atoms with Crippen molar-refractivity contribution in [3.05, 3.63) is 47.0 Å². The zero-order chi connectivity index (χ0) is 24.9. The number of aliphatic imine (C=N–C) groups is 1. The fourth-order valence-electron chi connectivity index (χ4n) is 6.43. The van der Waals surface area contributed by atoms with E-state index in [2.05, 4.69) is 4.99 Å². The lowest BCUT2D eigenvalue weighted by Crippen LogP contribution is -2.65. The third kappa shape index (κ3) is 3.28.